The van der Waals surface area contributed by atoms with E-state index in [1.807, 2.05) is 51.2 Å². The molecular weight excluding hydrogens is 290 g/mol. The number of hydrogen-bond donors (Lipinski definition) is 1. The van der Waals surface area contributed by atoms with Crippen LogP contribution in [-0.4, -0.2) is 19.6 Å². The Morgan fingerprint density at radius 3 is 2.17 bits per heavy atom. The van der Waals surface area contributed by atoms with Gasteiger partial charge in [0.15, 0.2) is 5.69 Å². The van der Waals surface area contributed by atoms with E-state index in [1.54, 1.807) is 16.4 Å². The van der Waals surface area contributed by atoms with Crippen molar-refractivity contribution in [3.05, 3.63) is 41.7 Å². The van der Waals surface area contributed by atoms with Crippen LogP contribution in [0.5, 0.6) is 0 Å². The van der Waals surface area contributed by atoms with Gasteiger partial charge < -0.3 is 5.73 Å². The van der Waals surface area contributed by atoms with Crippen LogP contribution in [0.4, 0.5) is 17.2 Å². The zero-order chi connectivity index (χ0) is 16.6. The lowest BCUT2D eigenvalue weighted by Gasteiger charge is -1.98. The third-order valence-corrected chi connectivity index (χ3v) is 3.83. The summed E-state index contributed by atoms with van der Waals surface area (Å²) in [5.41, 5.74) is 10.9. The van der Waals surface area contributed by atoms with Crippen LogP contribution in [0.1, 0.15) is 11.4 Å². The van der Waals surface area contributed by atoms with Gasteiger partial charge in [0, 0.05) is 19.7 Å². The highest BCUT2D eigenvalue weighted by atomic mass is 15.3. The number of aromatic nitrogens is 4. The highest BCUT2D eigenvalue weighted by Gasteiger charge is 2.16. The van der Waals surface area contributed by atoms with Crippen LogP contribution < -0.4 is 5.73 Å². The van der Waals surface area contributed by atoms with Crippen molar-refractivity contribution in [3.63, 3.8) is 0 Å². The summed E-state index contributed by atoms with van der Waals surface area (Å²) >= 11 is 0. The molecule has 0 bridgehead atoms. The first-order chi connectivity index (χ1) is 11.0. The van der Waals surface area contributed by atoms with Crippen LogP contribution >= 0.6 is 0 Å². The molecule has 0 atom stereocenters. The first-order valence-electron chi connectivity index (χ1n) is 7.29. The summed E-state index contributed by atoms with van der Waals surface area (Å²) in [5.74, 6) is 0.479. The molecule has 0 unspecified atom stereocenters. The van der Waals surface area contributed by atoms with E-state index in [4.69, 9.17) is 5.73 Å². The average molecular weight is 309 g/mol. The zero-order valence-electron chi connectivity index (χ0n) is 13.6. The van der Waals surface area contributed by atoms with Gasteiger partial charge in [-0.3, -0.25) is 9.36 Å². The zero-order valence-corrected chi connectivity index (χ0v) is 13.6. The summed E-state index contributed by atoms with van der Waals surface area (Å²) in [7, 11) is 3.68. The predicted molar refractivity (Wildman–Crippen MR) is 89.9 cm³/mol. The number of azo groups is 1. The number of anilines is 1. The number of nitrogens with zero attached hydrogens (tertiary/aromatic N) is 6. The van der Waals surface area contributed by atoms with E-state index in [0.29, 0.717) is 17.2 Å². The van der Waals surface area contributed by atoms with Gasteiger partial charge in [0.25, 0.3) is 0 Å². The van der Waals surface area contributed by atoms with Gasteiger partial charge in [0.1, 0.15) is 17.2 Å². The van der Waals surface area contributed by atoms with Crippen LogP contribution in [0.2, 0.25) is 0 Å². The smallest absolute Gasteiger partial charge is 0.155 e. The summed E-state index contributed by atoms with van der Waals surface area (Å²) < 4.78 is 3.40. The predicted octanol–water partition coefficient (Wildman–Crippen LogP) is 3.44. The van der Waals surface area contributed by atoms with Crippen LogP contribution in [0.25, 0.3) is 11.3 Å². The van der Waals surface area contributed by atoms with Crippen molar-refractivity contribution in [2.45, 2.75) is 13.8 Å². The summed E-state index contributed by atoms with van der Waals surface area (Å²) in [6.45, 7) is 3.87. The highest BCUT2D eigenvalue weighted by molar-refractivity contribution is 5.79. The van der Waals surface area contributed by atoms with Gasteiger partial charge in [-0.25, -0.2) is 0 Å². The molecule has 0 aliphatic rings. The number of rotatable bonds is 3. The highest BCUT2D eigenvalue weighted by Crippen LogP contribution is 2.36. The Hall–Kier alpha value is -2.96. The summed E-state index contributed by atoms with van der Waals surface area (Å²) in [4.78, 5) is 0. The largest absolute Gasteiger partial charge is 0.382 e. The van der Waals surface area contributed by atoms with Crippen LogP contribution in [0.3, 0.4) is 0 Å². The number of nitrogen functional groups attached to an aromatic ring is 1. The summed E-state index contributed by atoms with van der Waals surface area (Å²) in [6, 6.07) is 9.81. The Kier molecular flexibility index (Phi) is 3.69. The van der Waals surface area contributed by atoms with E-state index in [-0.39, 0.29) is 0 Å². The lowest BCUT2D eigenvalue weighted by molar-refractivity contribution is 0.731. The molecule has 1 aromatic carbocycles. The minimum absolute atomic E-state index is 0.479. The van der Waals surface area contributed by atoms with Gasteiger partial charge in [-0.1, -0.05) is 30.3 Å². The van der Waals surface area contributed by atoms with E-state index in [9.17, 15) is 0 Å². The molecule has 3 rings (SSSR count). The molecule has 0 aliphatic heterocycles. The molecule has 0 aliphatic carbocycles. The summed E-state index contributed by atoms with van der Waals surface area (Å²) in [6.07, 6.45) is 0. The third kappa shape index (κ3) is 2.61. The molecule has 23 heavy (non-hydrogen) atoms. The second-order valence-electron chi connectivity index (χ2n) is 5.42. The third-order valence-electron chi connectivity index (χ3n) is 3.83. The molecule has 0 fully saturated rings. The fraction of sp³-hybridized carbons (Fsp3) is 0.250. The second-order valence-corrected chi connectivity index (χ2v) is 5.42. The van der Waals surface area contributed by atoms with Crippen molar-refractivity contribution >= 4 is 17.2 Å². The van der Waals surface area contributed by atoms with Gasteiger partial charge >= 0.3 is 0 Å². The number of aryl methyl sites for hydroxylation is 3. The Bertz CT molecular complexity index is 872. The maximum absolute atomic E-state index is 6.11. The molecule has 2 N–H and O–H groups in total. The van der Waals surface area contributed by atoms with E-state index >= 15 is 0 Å². The molecule has 7 heteroatoms. The molecule has 0 radical (unpaired) electrons. The first kappa shape index (κ1) is 15.0. The molecule has 0 amide bonds. The van der Waals surface area contributed by atoms with E-state index in [0.717, 1.165) is 22.6 Å². The maximum Gasteiger partial charge on any atom is 0.155 e. The van der Waals surface area contributed by atoms with Crippen molar-refractivity contribution in [3.8, 4) is 11.3 Å². The Labute approximate surface area is 134 Å². The monoisotopic (exact) mass is 309 g/mol. The van der Waals surface area contributed by atoms with E-state index < -0.39 is 0 Å². The number of hydrogen-bond acceptors (Lipinski definition) is 5. The molecule has 2 heterocycles. The lowest BCUT2D eigenvalue weighted by Crippen LogP contribution is -1.96. The molecule has 7 nitrogen and oxygen atoms in total. The maximum atomic E-state index is 6.11. The standard InChI is InChI=1S/C16H19N7/c1-10-13(11(2)22(3)20-10)18-19-15-14(21-23(4)16(15)17)12-8-6-5-7-9-12/h5-9H,17H2,1-4H3/b19-18+. The summed E-state index contributed by atoms with van der Waals surface area (Å²) in [5, 5.41) is 17.5. The normalized spacial score (nSPS) is 11.5. The van der Waals surface area contributed by atoms with Gasteiger partial charge in [0.2, 0.25) is 0 Å². The Morgan fingerprint density at radius 2 is 1.57 bits per heavy atom. The van der Waals surface area contributed by atoms with Crippen LogP contribution in [-0.2, 0) is 14.1 Å². The molecule has 118 valence electrons. The number of benzene rings is 1. The van der Waals surface area contributed by atoms with Gasteiger partial charge in [0.05, 0.1) is 11.4 Å². The van der Waals surface area contributed by atoms with Crippen molar-refractivity contribution in [1.82, 2.24) is 19.6 Å². The van der Waals surface area contributed by atoms with Crippen molar-refractivity contribution in [1.29, 1.82) is 0 Å². The number of nitrogens with two attached hydrogens (primary N) is 1. The fourth-order valence-electron chi connectivity index (χ4n) is 2.42. The Morgan fingerprint density at radius 1 is 0.913 bits per heavy atom. The quantitative estimate of drug-likeness (QED) is 0.752. The molecule has 3 aromatic rings. The van der Waals surface area contributed by atoms with Crippen molar-refractivity contribution in [2.24, 2.45) is 24.3 Å². The minimum Gasteiger partial charge on any atom is -0.382 e. The van der Waals surface area contributed by atoms with Crippen LogP contribution in [0, 0.1) is 13.8 Å². The molecule has 0 saturated carbocycles. The van der Waals surface area contributed by atoms with Crippen molar-refractivity contribution in [2.75, 3.05) is 5.73 Å². The molecule has 0 saturated heterocycles. The lowest BCUT2D eigenvalue weighted by atomic mass is 10.1. The minimum atomic E-state index is 0.479. The van der Waals surface area contributed by atoms with Gasteiger partial charge in [-0.15, -0.1) is 10.2 Å². The fourth-order valence-corrected chi connectivity index (χ4v) is 2.42. The Balaban J connectivity index is 2.08. The van der Waals surface area contributed by atoms with E-state index in [1.165, 1.54) is 0 Å². The SMILES string of the molecule is Cc1nn(C)c(C)c1/N=N/c1c(-c2ccccc2)nn(C)c1N. The van der Waals surface area contributed by atoms with E-state index in [2.05, 4.69) is 20.4 Å². The first-order valence-corrected chi connectivity index (χ1v) is 7.29. The average Bonchev–Trinajstić information content (AvgIpc) is 2.96. The van der Waals surface area contributed by atoms with Gasteiger partial charge in [-0.05, 0) is 13.8 Å². The molecule has 0 spiro atoms. The van der Waals surface area contributed by atoms with Crippen molar-refractivity contribution < 1.29 is 0 Å². The topological polar surface area (TPSA) is 86.4 Å². The van der Waals surface area contributed by atoms with Crippen LogP contribution in [0.15, 0.2) is 40.6 Å². The molecular formula is C16H19N7. The second kappa shape index (κ2) is 5.68. The molecule has 2 aromatic heterocycles. The van der Waals surface area contributed by atoms with Gasteiger partial charge in [-0.2, -0.15) is 10.2 Å².